The number of nitrogens with zero attached hydrogens (tertiary/aromatic N) is 1. The number of rotatable bonds is 6. The highest BCUT2D eigenvalue weighted by atomic mass is 32.2. The maximum Gasteiger partial charge on any atom is 0.306 e. The Kier molecular flexibility index (Phi) is 6.22. The van der Waals surface area contributed by atoms with Crippen molar-refractivity contribution in [1.29, 1.82) is 0 Å². The summed E-state index contributed by atoms with van der Waals surface area (Å²) in [5.41, 5.74) is 8.59. The fraction of sp³-hybridized carbons (Fsp3) is 0.333. The molecule has 0 spiro atoms. The van der Waals surface area contributed by atoms with Crippen LogP contribution in [-0.4, -0.2) is 27.3 Å². The molecule has 0 saturated heterocycles. The summed E-state index contributed by atoms with van der Waals surface area (Å²) in [5.74, 6) is 1.44. The van der Waals surface area contributed by atoms with E-state index in [9.17, 15) is 8.42 Å². The standard InChI is InChI=1S/C24H31N2O3S/c1-5-30(27,28)26(16-6-7-19(17-25)18-26)21-10-14-23(15-11-21)29-22-12-8-20(9-13-22)24(2,3)4/h6-15,18H,5,16-17,25H2,1-4H3/q+1. The molecular weight excluding hydrogens is 396 g/mol. The van der Waals surface area contributed by atoms with Gasteiger partial charge in [0, 0.05) is 24.3 Å². The van der Waals surface area contributed by atoms with Crippen molar-refractivity contribution in [3.8, 4) is 11.5 Å². The lowest BCUT2D eigenvalue weighted by Crippen LogP contribution is -2.51. The lowest BCUT2D eigenvalue weighted by molar-refractivity contribution is 0.479. The molecule has 2 N–H and O–H groups in total. The van der Waals surface area contributed by atoms with Crippen LogP contribution in [-0.2, 0) is 15.4 Å². The largest absolute Gasteiger partial charge is 0.457 e. The number of quaternary nitrogens is 1. The van der Waals surface area contributed by atoms with Crippen LogP contribution in [0.25, 0.3) is 0 Å². The molecule has 6 heteroatoms. The van der Waals surface area contributed by atoms with E-state index in [0.717, 1.165) is 11.3 Å². The number of sulfonamides is 1. The third-order valence-electron chi connectivity index (χ3n) is 5.41. The number of hydrogen-bond acceptors (Lipinski definition) is 4. The molecule has 0 bridgehead atoms. The lowest BCUT2D eigenvalue weighted by Gasteiger charge is -2.34. The Balaban J connectivity index is 1.90. The summed E-state index contributed by atoms with van der Waals surface area (Å²) in [5, 5.41) is 0. The summed E-state index contributed by atoms with van der Waals surface area (Å²) in [7, 11) is -3.46. The van der Waals surface area contributed by atoms with Crippen LogP contribution in [0.15, 0.2) is 72.5 Å². The summed E-state index contributed by atoms with van der Waals surface area (Å²) in [6.45, 7) is 8.82. The summed E-state index contributed by atoms with van der Waals surface area (Å²) in [6, 6.07) is 15.3. The van der Waals surface area contributed by atoms with E-state index in [1.807, 2.05) is 48.6 Å². The molecule has 1 atom stereocenters. The normalized spacial score (nSPS) is 19.4. The van der Waals surface area contributed by atoms with Gasteiger partial charge in [-0.15, -0.1) is 0 Å². The van der Waals surface area contributed by atoms with Gasteiger partial charge in [0.1, 0.15) is 24.2 Å². The first-order valence-corrected chi connectivity index (χ1v) is 11.8. The Morgan fingerprint density at radius 1 is 1.00 bits per heavy atom. The SMILES string of the molecule is CCS(=O)(=O)[N+]1(c2ccc(Oc3ccc(C(C)(C)C)cc3)cc2)C=C(CN)C=CC1. The van der Waals surface area contributed by atoms with Crippen molar-refractivity contribution in [1.82, 2.24) is 3.89 Å². The van der Waals surface area contributed by atoms with Gasteiger partial charge in [0.05, 0.1) is 5.75 Å². The molecule has 160 valence electrons. The second kappa shape index (κ2) is 8.38. The number of hydrogen-bond donors (Lipinski definition) is 1. The zero-order chi connectivity index (χ0) is 22.0. The highest BCUT2D eigenvalue weighted by Gasteiger charge is 2.42. The average molecular weight is 428 g/mol. The second-order valence-corrected chi connectivity index (χ2v) is 10.9. The maximum atomic E-state index is 13.0. The average Bonchev–Trinajstić information content (AvgIpc) is 2.74. The van der Waals surface area contributed by atoms with Crippen molar-refractivity contribution in [2.45, 2.75) is 33.1 Å². The number of benzene rings is 2. The first-order chi connectivity index (χ1) is 14.1. The Morgan fingerprint density at radius 2 is 1.57 bits per heavy atom. The first kappa shape index (κ1) is 22.3. The van der Waals surface area contributed by atoms with E-state index in [1.165, 1.54) is 5.56 Å². The predicted molar refractivity (Wildman–Crippen MR) is 124 cm³/mol. The molecule has 0 radical (unpaired) electrons. The quantitative estimate of drug-likeness (QED) is 0.670. The van der Waals surface area contributed by atoms with E-state index >= 15 is 0 Å². The minimum absolute atomic E-state index is 0.0353. The van der Waals surface area contributed by atoms with Crippen LogP contribution in [0.3, 0.4) is 0 Å². The summed E-state index contributed by atoms with van der Waals surface area (Å²) < 4.78 is 31.8. The molecule has 1 heterocycles. The van der Waals surface area contributed by atoms with Gasteiger partial charge in [-0.2, -0.15) is 12.3 Å². The molecule has 0 saturated carbocycles. The molecule has 0 amide bonds. The topological polar surface area (TPSA) is 69.4 Å². The van der Waals surface area contributed by atoms with Crippen molar-refractivity contribution in [2.24, 2.45) is 5.73 Å². The van der Waals surface area contributed by atoms with Crippen LogP contribution in [0, 0.1) is 0 Å². The lowest BCUT2D eigenvalue weighted by atomic mass is 9.87. The van der Waals surface area contributed by atoms with Crippen molar-refractivity contribution in [3.05, 3.63) is 78.0 Å². The molecule has 3 rings (SSSR count). The third kappa shape index (κ3) is 4.36. The minimum Gasteiger partial charge on any atom is -0.457 e. The van der Waals surface area contributed by atoms with E-state index in [1.54, 1.807) is 13.1 Å². The fourth-order valence-corrected chi connectivity index (χ4v) is 5.05. The van der Waals surface area contributed by atoms with Crippen LogP contribution in [0.1, 0.15) is 33.3 Å². The van der Waals surface area contributed by atoms with E-state index in [-0.39, 0.29) is 15.1 Å². The Bertz CT molecular complexity index is 1050. The van der Waals surface area contributed by atoms with Gasteiger partial charge in [0.2, 0.25) is 0 Å². The zero-order valence-electron chi connectivity index (χ0n) is 18.1. The Morgan fingerprint density at radius 3 is 2.07 bits per heavy atom. The molecule has 30 heavy (non-hydrogen) atoms. The highest BCUT2D eigenvalue weighted by Crippen LogP contribution is 2.35. The Hall–Kier alpha value is -2.41. The van der Waals surface area contributed by atoms with Crippen molar-refractivity contribution >= 4 is 15.7 Å². The van der Waals surface area contributed by atoms with Gasteiger partial charge < -0.3 is 10.5 Å². The monoisotopic (exact) mass is 427 g/mol. The highest BCUT2D eigenvalue weighted by molar-refractivity contribution is 7.91. The molecule has 2 aromatic rings. The zero-order valence-corrected chi connectivity index (χ0v) is 18.9. The predicted octanol–water partition coefficient (Wildman–Crippen LogP) is 4.85. The molecule has 5 nitrogen and oxygen atoms in total. The molecule has 0 aromatic heterocycles. The van der Waals surface area contributed by atoms with Crippen LogP contribution >= 0.6 is 0 Å². The molecule has 1 aliphatic heterocycles. The molecule has 1 unspecified atom stereocenters. The molecule has 0 fully saturated rings. The van der Waals surface area contributed by atoms with Crippen LogP contribution in [0.5, 0.6) is 11.5 Å². The molecular formula is C24H31N2O3S+. The van der Waals surface area contributed by atoms with Crippen molar-refractivity contribution in [3.63, 3.8) is 0 Å². The smallest absolute Gasteiger partial charge is 0.306 e. The Labute approximate surface area is 180 Å². The van der Waals surface area contributed by atoms with E-state index < -0.39 is 10.0 Å². The molecule has 2 aromatic carbocycles. The van der Waals surface area contributed by atoms with Crippen LogP contribution < -0.4 is 14.4 Å². The number of nitrogens with two attached hydrogens (primary N) is 1. The minimum atomic E-state index is -3.46. The molecule has 0 aliphatic carbocycles. The fourth-order valence-electron chi connectivity index (χ4n) is 3.54. The van der Waals surface area contributed by atoms with Gasteiger partial charge in [0.15, 0.2) is 5.69 Å². The number of ether oxygens (including phenoxy) is 1. The van der Waals surface area contributed by atoms with Gasteiger partial charge in [-0.05, 0) is 48.2 Å². The van der Waals surface area contributed by atoms with Gasteiger partial charge in [-0.1, -0.05) is 39.0 Å². The van der Waals surface area contributed by atoms with Gasteiger partial charge in [-0.3, -0.25) is 0 Å². The summed E-state index contributed by atoms with van der Waals surface area (Å²) >= 11 is 0. The van der Waals surface area contributed by atoms with Gasteiger partial charge in [-0.25, -0.2) is 0 Å². The van der Waals surface area contributed by atoms with E-state index in [0.29, 0.717) is 24.5 Å². The maximum absolute atomic E-state index is 13.0. The molecule has 1 aliphatic rings. The first-order valence-electron chi connectivity index (χ1n) is 10.2. The van der Waals surface area contributed by atoms with Crippen LogP contribution in [0.4, 0.5) is 5.69 Å². The third-order valence-corrected chi connectivity index (χ3v) is 7.60. The second-order valence-electron chi connectivity index (χ2n) is 8.53. The van der Waals surface area contributed by atoms with Crippen LogP contribution in [0.2, 0.25) is 0 Å². The van der Waals surface area contributed by atoms with Crippen molar-refractivity contribution in [2.75, 3.05) is 18.8 Å². The van der Waals surface area contributed by atoms with Crippen molar-refractivity contribution < 1.29 is 13.2 Å². The van der Waals surface area contributed by atoms with E-state index in [2.05, 4.69) is 32.9 Å². The van der Waals surface area contributed by atoms with E-state index in [4.69, 9.17) is 10.5 Å². The summed E-state index contributed by atoms with van der Waals surface area (Å²) in [6.07, 6.45) is 5.51. The van der Waals surface area contributed by atoms with Gasteiger partial charge >= 0.3 is 10.0 Å². The summed E-state index contributed by atoms with van der Waals surface area (Å²) in [4.78, 5) is 0. The van der Waals surface area contributed by atoms with Gasteiger partial charge in [0.25, 0.3) is 0 Å².